The molecule has 0 amide bonds. The summed E-state index contributed by atoms with van der Waals surface area (Å²) in [5.74, 6) is 0.986. The van der Waals surface area contributed by atoms with Gasteiger partial charge in [-0.25, -0.2) is 0 Å². The molecule has 0 radical (unpaired) electrons. The smallest absolute Gasteiger partial charge is 0.194 e. The van der Waals surface area contributed by atoms with Gasteiger partial charge in [-0.05, 0) is 44.4 Å². The zero-order chi connectivity index (χ0) is 13.9. The molecule has 1 heterocycles. The third-order valence-corrected chi connectivity index (χ3v) is 4.85. The highest BCUT2D eigenvalue weighted by Gasteiger charge is 2.36. The minimum absolute atomic E-state index is 0.420. The van der Waals surface area contributed by atoms with E-state index in [1.54, 1.807) is 0 Å². The van der Waals surface area contributed by atoms with E-state index in [2.05, 4.69) is 36.0 Å². The highest BCUT2D eigenvalue weighted by molar-refractivity contribution is 5.80. The maximum atomic E-state index is 10.2. The summed E-state index contributed by atoms with van der Waals surface area (Å²) >= 11 is 0. The Bertz CT molecular complexity index is 338. The van der Waals surface area contributed by atoms with E-state index >= 15 is 0 Å². The van der Waals surface area contributed by atoms with Crippen LogP contribution in [0.3, 0.4) is 0 Å². The number of nitrogens with zero attached hydrogens (tertiary/aromatic N) is 2. The summed E-state index contributed by atoms with van der Waals surface area (Å²) in [5.41, 5.74) is -0.0992. The maximum absolute atomic E-state index is 10.2. The second-order valence-electron chi connectivity index (χ2n) is 6.58. The molecule has 19 heavy (non-hydrogen) atoms. The van der Waals surface area contributed by atoms with Gasteiger partial charge in [-0.1, -0.05) is 13.8 Å². The summed E-state index contributed by atoms with van der Waals surface area (Å²) in [4.78, 5) is 7.03. The molecule has 0 spiro atoms. The van der Waals surface area contributed by atoms with Crippen molar-refractivity contribution >= 4 is 5.96 Å². The number of hydrogen-bond donors (Lipinski definition) is 2. The lowest BCUT2D eigenvalue weighted by Gasteiger charge is -2.35. The van der Waals surface area contributed by atoms with Crippen LogP contribution in [0.25, 0.3) is 0 Å². The monoisotopic (exact) mass is 267 g/mol. The van der Waals surface area contributed by atoms with E-state index in [9.17, 15) is 5.11 Å². The van der Waals surface area contributed by atoms with E-state index in [1.165, 1.54) is 12.8 Å². The number of likely N-dealkylation sites (tertiary alicyclic amines) is 1. The zero-order valence-corrected chi connectivity index (χ0v) is 12.7. The van der Waals surface area contributed by atoms with Gasteiger partial charge in [0, 0.05) is 19.6 Å². The number of nitrogens with one attached hydrogen (secondary N) is 1. The molecule has 0 bridgehead atoms. The first-order chi connectivity index (χ1) is 9.00. The van der Waals surface area contributed by atoms with Crippen LogP contribution in [0, 0.1) is 5.41 Å². The summed E-state index contributed by atoms with van der Waals surface area (Å²) in [7, 11) is 0. The van der Waals surface area contributed by atoms with Crippen molar-refractivity contribution in [1.29, 1.82) is 0 Å². The molecule has 1 aliphatic carbocycles. The number of aliphatic imine (C=N–C) groups is 1. The molecule has 110 valence electrons. The standard InChI is InChI=1S/C15H29N3O/c1-4-14(3)9-10-18(12-14)13(16-5-2)17-11-15(19)7-6-8-15/h19H,4-12H2,1-3H3,(H,16,17). The average Bonchev–Trinajstić information content (AvgIpc) is 2.75. The third kappa shape index (κ3) is 3.41. The van der Waals surface area contributed by atoms with Crippen LogP contribution < -0.4 is 5.32 Å². The van der Waals surface area contributed by atoms with Crippen LogP contribution in [0.5, 0.6) is 0 Å². The third-order valence-electron chi connectivity index (χ3n) is 4.85. The van der Waals surface area contributed by atoms with Crippen molar-refractivity contribution in [3.05, 3.63) is 0 Å². The van der Waals surface area contributed by atoms with Gasteiger partial charge in [0.05, 0.1) is 12.1 Å². The van der Waals surface area contributed by atoms with Gasteiger partial charge < -0.3 is 15.3 Å². The van der Waals surface area contributed by atoms with Crippen LogP contribution in [0.1, 0.15) is 52.9 Å². The van der Waals surface area contributed by atoms with Gasteiger partial charge in [-0.15, -0.1) is 0 Å². The highest BCUT2D eigenvalue weighted by Crippen LogP contribution is 2.34. The van der Waals surface area contributed by atoms with Crippen LogP contribution >= 0.6 is 0 Å². The highest BCUT2D eigenvalue weighted by atomic mass is 16.3. The van der Waals surface area contributed by atoms with Gasteiger partial charge in [0.25, 0.3) is 0 Å². The van der Waals surface area contributed by atoms with Crippen molar-refractivity contribution in [1.82, 2.24) is 10.2 Å². The predicted octanol–water partition coefficient (Wildman–Crippen LogP) is 1.99. The molecular formula is C15H29N3O. The van der Waals surface area contributed by atoms with Crippen molar-refractivity contribution in [3.8, 4) is 0 Å². The summed E-state index contributed by atoms with van der Waals surface area (Å²) in [6, 6.07) is 0. The van der Waals surface area contributed by atoms with Gasteiger partial charge in [-0.2, -0.15) is 0 Å². The number of hydrogen-bond acceptors (Lipinski definition) is 2. The molecule has 2 rings (SSSR count). The Hall–Kier alpha value is -0.770. The minimum atomic E-state index is -0.519. The quantitative estimate of drug-likeness (QED) is 0.605. The molecule has 4 nitrogen and oxygen atoms in total. The second-order valence-corrected chi connectivity index (χ2v) is 6.58. The van der Waals surface area contributed by atoms with Crippen molar-refractivity contribution in [2.45, 2.75) is 58.5 Å². The van der Waals surface area contributed by atoms with E-state index in [0.717, 1.165) is 44.9 Å². The van der Waals surface area contributed by atoms with E-state index in [4.69, 9.17) is 0 Å². The van der Waals surface area contributed by atoms with Crippen molar-refractivity contribution in [3.63, 3.8) is 0 Å². The Morgan fingerprint density at radius 1 is 1.32 bits per heavy atom. The molecule has 0 aromatic heterocycles. The van der Waals surface area contributed by atoms with Crippen molar-refractivity contribution < 1.29 is 5.11 Å². The fraction of sp³-hybridized carbons (Fsp3) is 0.933. The average molecular weight is 267 g/mol. The van der Waals surface area contributed by atoms with Crippen LogP contribution in [0.15, 0.2) is 4.99 Å². The summed E-state index contributed by atoms with van der Waals surface area (Å²) in [6.07, 6.45) is 5.40. The Labute approximate surface area is 117 Å². The summed E-state index contributed by atoms with van der Waals surface area (Å²) in [6.45, 7) is 10.3. The zero-order valence-electron chi connectivity index (χ0n) is 12.7. The molecule has 2 aliphatic rings. The SMILES string of the molecule is CCNC(=NCC1(O)CCC1)N1CCC(C)(CC)C1. The lowest BCUT2D eigenvalue weighted by Crippen LogP contribution is -2.44. The molecule has 1 unspecified atom stereocenters. The number of rotatable bonds is 4. The fourth-order valence-electron chi connectivity index (χ4n) is 2.88. The molecule has 2 N–H and O–H groups in total. The molecular weight excluding hydrogens is 238 g/mol. The fourth-order valence-corrected chi connectivity index (χ4v) is 2.88. The lowest BCUT2D eigenvalue weighted by atomic mass is 9.80. The van der Waals surface area contributed by atoms with Crippen molar-refractivity contribution in [2.75, 3.05) is 26.2 Å². The molecule has 1 atom stereocenters. The number of guanidine groups is 1. The Kier molecular flexibility index (Phi) is 4.39. The largest absolute Gasteiger partial charge is 0.388 e. The van der Waals surface area contributed by atoms with Crippen LogP contribution in [0.2, 0.25) is 0 Å². The lowest BCUT2D eigenvalue weighted by molar-refractivity contribution is -0.0237. The Morgan fingerprint density at radius 2 is 2.05 bits per heavy atom. The van der Waals surface area contributed by atoms with Gasteiger partial charge in [0.15, 0.2) is 5.96 Å². The topological polar surface area (TPSA) is 47.9 Å². The summed E-state index contributed by atoms with van der Waals surface area (Å²) < 4.78 is 0. The van der Waals surface area contributed by atoms with Gasteiger partial charge in [-0.3, -0.25) is 4.99 Å². The normalized spacial score (nSPS) is 30.3. The van der Waals surface area contributed by atoms with Gasteiger partial charge in [0.1, 0.15) is 0 Å². The first kappa shape index (κ1) is 14.6. The molecule has 4 heteroatoms. The van der Waals surface area contributed by atoms with E-state index in [1.807, 2.05) is 0 Å². The van der Waals surface area contributed by atoms with Gasteiger partial charge in [0.2, 0.25) is 0 Å². The predicted molar refractivity (Wildman–Crippen MR) is 79.4 cm³/mol. The molecule has 1 saturated heterocycles. The maximum Gasteiger partial charge on any atom is 0.194 e. The molecule has 0 aromatic rings. The first-order valence-electron chi connectivity index (χ1n) is 7.76. The molecule has 1 aliphatic heterocycles. The molecule has 1 saturated carbocycles. The Balaban J connectivity index is 1.97. The first-order valence-corrected chi connectivity index (χ1v) is 7.76. The van der Waals surface area contributed by atoms with Gasteiger partial charge >= 0.3 is 0 Å². The van der Waals surface area contributed by atoms with Crippen molar-refractivity contribution in [2.24, 2.45) is 10.4 Å². The molecule has 2 fully saturated rings. The van der Waals surface area contributed by atoms with E-state index in [-0.39, 0.29) is 0 Å². The minimum Gasteiger partial charge on any atom is -0.388 e. The van der Waals surface area contributed by atoms with Crippen LogP contribution in [0.4, 0.5) is 0 Å². The van der Waals surface area contributed by atoms with E-state index in [0.29, 0.717) is 12.0 Å². The van der Waals surface area contributed by atoms with Crippen LogP contribution in [-0.4, -0.2) is 47.7 Å². The number of aliphatic hydroxyl groups is 1. The second kappa shape index (κ2) is 5.70. The Morgan fingerprint density at radius 3 is 2.53 bits per heavy atom. The molecule has 0 aromatic carbocycles. The van der Waals surface area contributed by atoms with Crippen LogP contribution in [-0.2, 0) is 0 Å². The van der Waals surface area contributed by atoms with E-state index < -0.39 is 5.60 Å². The summed E-state index contributed by atoms with van der Waals surface area (Å²) in [5, 5.41) is 13.5.